The molecule has 1 heterocycles. The molecule has 2 fully saturated rings. The van der Waals surface area contributed by atoms with Crippen LogP contribution < -0.4 is 5.32 Å². The van der Waals surface area contributed by atoms with Crippen LogP contribution in [0.1, 0.15) is 26.7 Å². The number of nitrogens with one attached hydrogen (secondary N) is 1. The first-order valence-electron chi connectivity index (χ1n) is 5.34. The zero-order chi connectivity index (χ0) is 10.2. The van der Waals surface area contributed by atoms with Crippen LogP contribution in [0.25, 0.3) is 0 Å². The molecule has 0 bridgehead atoms. The summed E-state index contributed by atoms with van der Waals surface area (Å²) in [5, 5.41) is 3.28. The maximum absolute atomic E-state index is 11.8. The zero-order valence-electron chi connectivity index (χ0n) is 8.88. The summed E-state index contributed by atoms with van der Waals surface area (Å²) in [6, 6.07) is 0. The Labute approximate surface area is 84.6 Å². The molecule has 1 aliphatic carbocycles. The molecular weight excluding hydrogens is 180 g/mol. The Morgan fingerprint density at radius 3 is 2.86 bits per heavy atom. The second kappa shape index (κ2) is 3.51. The van der Waals surface area contributed by atoms with Gasteiger partial charge in [-0.3, -0.25) is 10.1 Å². The highest BCUT2D eigenvalue weighted by molar-refractivity contribution is 5.91. The molecule has 0 radical (unpaired) electrons. The molecule has 1 N–H and O–H groups in total. The fraction of sp³-hybridized carbons (Fsp3) is 0.900. The van der Waals surface area contributed by atoms with E-state index >= 15 is 0 Å². The van der Waals surface area contributed by atoms with Crippen molar-refractivity contribution in [2.24, 2.45) is 0 Å². The maximum Gasteiger partial charge on any atom is 0.244 e. The fourth-order valence-electron chi connectivity index (χ4n) is 2.01. The third-order valence-electron chi connectivity index (χ3n) is 2.98. The summed E-state index contributed by atoms with van der Waals surface area (Å²) in [6.07, 6.45) is 2.15. The van der Waals surface area contributed by atoms with Crippen LogP contribution in [0.15, 0.2) is 0 Å². The van der Waals surface area contributed by atoms with Crippen LogP contribution >= 0.6 is 0 Å². The molecule has 0 aromatic carbocycles. The lowest BCUT2D eigenvalue weighted by molar-refractivity contribution is -0.131. The van der Waals surface area contributed by atoms with Crippen LogP contribution in [0.3, 0.4) is 0 Å². The largest absolute Gasteiger partial charge is 0.377 e. The number of hydrogen-bond acceptors (Lipinski definition) is 3. The number of nitrogens with zero attached hydrogens (tertiary/aromatic N) is 1. The predicted octanol–water partition coefficient (Wildman–Crippen LogP) is 0.333. The maximum atomic E-state index is 11.8. The molecule has 14 heavy (non-hydrogen) atoms. The van der Waals surface area contributed by atoms with Gasteiger partial charge in [0.15, 0.2) is 0 Å². The van der Waals surface area contributed by atoms with Crippen molar-refractivity contribution in [3.63, 3.8) is 0 Å². The molecule has 1 saturated heterocycles. The zero-order valence-corrected chi connectivity index (χ0v) is 8.88. The normalized spacial score (nSPS) is 25.9. The van der Waals surface area contributed by atoms with E-state index in [1.54, 1.807) is 0 Å². The van der Waals surface area contributed by atoms with Crippen molar-refractivity contribution < 1.29 is 9.53 Å². The summed E-state index contributed by atoms with van der Waals surface area (Å²) in [5.41, 5.74) is -0.161. The Morgan fingerprint density at radius 2 is 2.36 bits per heavy atom. The van der Waals surface area contributed by atoms with Gasteiger partial charge in [-0.25, -0.2) is 0 Å². The fourth-order valence-corrected chi connectivity index (χ4v) is 2.01. The molecule has 1 atom stereocenters. The van der Waals surface area contributed by atoms with Crippen molar-refractivity contribution >= 4 is 5.91 Å². The molecule has 1 spiro atoms. The van der Waals surface area contributed by atoms with Gasteiger partial charge in [0.25, 0.3) is 0 Å². The number of ether oxygens (including phenoxy) is 1. The van der Waals surface area contributed by atoms with Crippen molar-refractivity contribution in [1.82, 2.24) is 10.2 Å². The molecule has 2 aliphatic rings. The monoisotopic (exact) mass is 198 g/mol. The van der Waals surface area contributed by atoms with Gasteiger partial charge in [0.1, 0.15) is 0 Å². The second-order valence-electron chi connectivity index (χ2n) is 4.21. The summed E-state index contributed by atoms with van der Waals surface area (Å²) in [6.45, 7) is 6.09. The summed E-state index contributed by atoms with van der Waals surface area (Å²) < 4.78 is 5.42. The Morgan fingerprint density at radius 1 is 1.64 bits per heavy atom. The van der Waals surface area contributed by atoms with E-state index in [4.69, 9.17) is 4.74 Å². The summed E-state index contributed by atoms with van der Waals surface area (Å²) in [5.74, 6) is 0.268. The van der Waals surface area contributed by atoms with Crippen LogP contribution in [0.4, 0.5) is 0 Å². The number of rotatable bonds is 4. The van der Waals surface area contributed by atoms with E-state index in [9.17, 15) is 4.79 Å². The van der Waals surface area contributed by atoms with E-state index in [1.165, 1.54) is 0 Å². The standard InChI is InChI=1S/C10H18N2O2/c1-3-14-8(2)6-12-7-11-10(4-5-10)9(12)13/h8,11H,3-7H2,1-2H3. The van der Waals surface area contributed by atoms with Gasteiger partial charge < -0.3 is 9.64 Å². The van der Waals surface area contributed by atoms with Gasteiger partial charge in [-0.05, 0) is 26.7 Å². The Kier molecular flexibility index (Phi) is 2.49. The molecule has 1 unspecified atom stereocenters. The van der Waals surface area contributed by atoms with Crippen LogP contribution in [-0.4, -0.2) is 42.3 Å². The minimum atomic E-state index is -0.161. The van der Waals surface area contributed by atoms with E-state index in [1.807, 2.05) is 18.7 Å². The van der Waals surface area contributed by atoms with E-state index < -0.39 is 0 Å². The summed E-state index contributed by atoms with van der Waals surface area (Å²) in [4.78, 5) is 13.7. The third kappa shape index (κ3) is 1.64. The average molecular weight is 198 g/mol. The highest BCUT2D eigenvalue weighted by Gasteiger charge is 2.55. The van der Waals surface area contributed by atoms with E-state index in [0.29, 0.717) is 19.8 Å². The van der Waals surface area contributed by atoms with Gasteiger partial charge in [-0.2, -0.15) is 0 Å². The number of carbonyl (C=O) groups is 1. The quantitative estimate of drug-likeness (QED) is 0.708. The Balaban J connectivity index is 1.85. The average Bonchev–Trinajstić information content (AvgIpc) is 2.86. The molecular formula is C10H18N2O2. The summed E-state index contributed by atoms with van der Waals surface area (Å²) in [7, 11) is 0. The van der Waals surface area contributed by atoms with Crippen molar-refractivity contribution in [3.8, 4) is 0 Å². The smallest absolute Gasteiger partial charge is 0.244 e. The van der Waals surface area contributed by atoms with Gasteiger partial charge in [0, 0.05) is 13.2 Å². The molecule has 0 aromatic heterocycles. The predicted molar refractivity (Wildman–Crippen MR) is 52.8 cm³/mol. The van der Waals surface area contributed by atoms with Crippen molar-refractivity contribution in [2.45, 2.75) is 38.3 Å². The molecule has 0 aromatic rings. The molecule has 4 heteroatoms. The third-order valence-corrected chi connectivity index (χ3v) is 2.98. The lowest BCUT2D eigenvalue weighted by atomic mass is 10.2. The van der Waals surface area contributed by atoms with Crippen LogP contribution in [0, 0.1) is 0 Å². The molecule has 1 saturated carbocycles. The van der Waals surface area contributed by atoms with Gasteiger partial charge in [0.2, 0.25) is 5.91 Å². The van der Waals surface area contributed by atoms with Gasteiger partial charge in [0.05, 0.1) is 18.3 Å². The van der Waals surface area contributed by atoms with Crippen molar-refractivity contribution in [2.75, 3.05) is 19.8 Å². The number of amides is 1. The Bertz CT molecular complexity index is 238. The number of hydrogen-bond donors (Lipinski definition) is 1. The molecule has 1 amide bonds. The number of carbonyl (C=O) groups excluding carboxylic acids is 1. The van der Waals surface area contributed by atoms with Gasteiger partial charge in [-0.15, -0.1) is 0 Å². The molecule has 80 valence electrons. The van der Waals surface area contributed by atoms with E-state index in [-0.39, 0.29) is 17.6 Å². The minimum absolute atomic E-state index is 0.139. The van der Waals surface area contributed by atoms with Crippen LogP contribution in [-0.2, 0) is 9.53 Å². The van der Waals surface area contributed by atoms with E-state index in [0.717, 1.165) is 12.8 Å². The van der Waals surface area contributed by atoms with Gasteiger partial charge >= 0.3 is 0 Å². The van der Waals surface area contributed by atoms with Gasteiger partial charge in [-0.1, -0.05) is 0 Å². The minimum Gasteiger partial charge on any atom is -0.377 e. The lowest BCUT2D eigenvalue weighted by Crippen LogP contribution is -2.36. The first-order valence-corrected chi connectivity index (χ1v) is 5.34. The van der Waals surface area contributed by atoms with Crippen molar-refractivity contribution in [3.05, 3.63) is 0 Å². The van der Waals surface area contributed by atoms with E-state index in [2.05, 4.69) is 5.32 Å². The highest BCUT2D eigenvalue weighted by Crippen LogP contribution is 2.40. The SMILES string of the molecule is CCOC(C)CN1CNC2(CC2)C1=O. The molecule has 1 aliphatic heterocycles. The van der Waals surface area contributed by atoms with Crippen molar-refractivity contribution in [1.29, 1.82) is 0 Å². The lowest BCUT2D eigenvalue weighted by Gasteiger charge is -2.20. The molecule has 4 nitrogen and oxygen atoms in total. The first-order chi connectivity index (χ1) is 6.68. The van der Waals surface area contributed by atoms with Crippen LogP contribution in [0.2, 0.25) is 0 Å². The first kappa shape index (κ1) is 9.93. The Hall–Kier alpha value is -0.610. The van der Waals surface area contributed by atoms with Crippen LogP contribution in [0.5, 0.6) is 0 Å². The highest BCUT2D eigenvalue weighted by atomic mass is 16.5. The second-order valence-corrected chi connectivity index (χ2v) is 4.21. The topological polar surface area (TPSA) is 41.6 Å². The summed E-state index contributed by atoms with van der Waals surface area (Å²) >= 11 is 0. The molecule has 2 rings (SSSR count).